The maximum absolute atomic E-state index is 11.2. The van der Waals surface area contributed by atoms with Crippen LogP contribution in [-0.4, -0.2) is 6.29 Å². The Morgan fingerprint density at radius 3 is 2.23 bits per heavy atom. The summed E-state index contributed by atoms with van der Waals surface area (Å²) in [5, 5.41) is 0. The van der Waals surface area contributed by atoms with E-state index in [0.717, 1.165) is 23.8 Å². The summed E-state index contributed by atoms with van der Waals surface area (Å²) < 4.78 is 0. The molecule has 0 aromatic heterocycles. The predicted octanol–water partition coefficient (Wildman–Crippen LogP) is 5.53. The summed E-state index contributed by atoms with van der Waals surface area (Å²) in [4.78, 5) is 11.2. The fourth-order valence-electron chi connectivity index (χ4n) is 2.38. The highest BCUT2D eigenvalue weighted by atomic mass is 16.1. The molecule has 2 rings (SSSR count). The normalized spacial score (nSPS) is 11.8. The average molecular weight is 292 g/mol. The number of rotatable bonds is 4. The summed E-state index contributed by atoms with van der Waals surface area (Å²) in [6, 6.07) is 14.6. The zero-order valence-corrected chi connectivity index (χ0v) is 13.9. The molecule has 22 heavy (non-hydrogen) atoms. The average Bonchev–Trinajstić information content (AvgIpc) is 2.52. The van der Waals surface area contributed by atoms with Crippen molar-refractivity contribution in [2.45, 2.75) is 39.5 Å². The minimum atomic E-state index is 0.0315. The Balaban J connectivity index is 2.35. The SMILES string of the molecule is CCc1cccc(/C=C/c2cc(C=O)cc(C(C)(C)C)c2)c1. The van der Waals surface area contributed by atoms with Crippen molar-refractivity contribution in [3.8, 4) is 0 Å². The Bertz CT molecular complexity index is 687. The van der Waals surface area contributed by atoms with Gasteiger partial charge in [-0.25, -0.2) is 0 Å². The van der Waals surface area contributed by atoms with Gasteiger partial charge in [-0.1, -0.05) is 70.2 Å². The quantitative estimate of drug-likeness (QED) is 0.535. The molecule has 0 aliphatic carbocycles. The van der Waals surface area contributed by atoms with Gasteiger partial charge in [-0.15, -0.1) is 0 Å². The smallest absolute Gasteiger partial charge is 0.150 e. The standard InChI is InChI=1S/C21H24O/c1-5-16-7-6-8-17(11-16)9-10-18-12-19(15-22)14-20(13-18)21(2,3)4/h6-15H,5H2,1-4H3/b10-9+. The van der Waals surface area contributed by atoms with Gasteiger partial charge in [-0.2, -0.15) is 0 Å². The van der Waals surface area contributed by atoms with Crippen molar-refractivity contribution in [2.75, 3.05) is 0 Å². The van der Waals surface area contributed by atoms with Crippen LogP contribution in [0, 0.1) is 0 Å². The third kappa shape index (κ3) is 4.17. The van der Waals surface area contributed by atoms with E-state index in [0.29, 0.717) is 0 Å². The number of carbonyl (C=O) groups excluding carboxylic acids is 1. The largest absolute Gasteiger partial charge is 0.298 e. The third-order valence-electron chi connectivity index (χ3n) is 3.81. The molecule has 0 bridgehead atoms. The molecule has 0 radical (unpaired) electrons. The second-order valence-corrected chi connectivity index (χ2v) is 6.69. The first-order chi connectivity index (χ1) is 10.4. The molecule has 0 spiro atoms. The molecule has 0 N–H and O–H groups in total. The van der Waals surface area contributed by atoms with Crippen LogP contribution in [0.5, 0.6) is 0 Å². The van der Waals surface area contributed by atoms with E-state index in [1.54, 1.807) is 0 Å². The lowest BCUT2D eigenvalue weighted by Gasteiger charge is -2.20. The van der Waals surface area contributed by atoms with E-state index in [-0.39, 0.29) is 5.41 Å². The Kier molecular flexibility index (Phi) is 4.97. The molecule has 0 saturated heterocycles. The highest BCUT2D eigenvalue weighted by Crippen LogP contribution is 2.25. The maximum Gasteiger partial charge on any atom is 0.150 e. The Morgan fingerprint density at radius 1 is 0.909 bits per heavy atom. The molecule has 1 nitrogen and oxygen atoms in total. The zero-order chi connectivity index (χ0) is 16.2. The number of aryl methyl sites for hydroxylation is 1. The maximum atomic E-state index is 11.2. The third-order valence-corrected chi connectivity index (χ3v) is 3.81. The van der Waals surface area contributed by atoms with Crippen molar-refractivity contribution in [2.24, 2.45) is 0 Å². The first-order valence-corrected chi connectivity index (χ1v) is 7.80. The monoisotopic (exact) mass is 292 g/mol. The predicted molar refractivity (Wildman–Crippen MR) is 95.3 cm³/mol. The lowest BCUT2D eigenvalue weighted by atomic mass is 9.85. The van der Waals surface area contributed by atoms with Gasteiger partial charge in [0.15, 0.2) is 0 Å². The first-order valence-electron chi connectivity index (χ1n) is 7.80. The van der Waals surface area contributed by atoms with Crippen LogP contribution in [0.2, 0.25) is 0 Å². The van der Waals surface area contributed by atoms with Crippen molar-refractivity contribution in [3.05, 3.63) is 70.3 Å². The van der Waals surface area contributed by atoms with Crippen LogP contribution >= 0.6 is 0 Å². The van der Waals surface area contributed by atoms with Gasteiger partial charge in [0.25, 0.3) is 0 Å². The highest BCUT2D eigenvalue weighted by Gasteiger charge is 2.14. The van der Waals surface area contributed by atoms with Gasteiger partial charge in [0, 0.05) is 5.56 Å². The Labute approximate surface area is 133 Å². The van der Waals surface area contributed by atoms with Crippen LogP contribution in [-0.2, 0) is 11.8 Å². The minimum Gasteiger partial charge on any atom is -0.298 e. The molecule has 2 aromatic carbocycles. The number of hydrogen-bond acceptors (Lipinski definition) is 1. The Morgan fingerprint density at radius 2 is 1.59 bits per heavy atom. The molecule has 114 valence electrons. The van der Waals surface area contributed by atoms with E-state index in [1.807, 2.05) is 12.1 Å². The number of benzene rings is 2. The molecule has 1 heteroatoms. The van der Waals surface area contributed by atoms with Crippen LogP contribution in [0.4, 0.5) is 0 Å². The van der Waals surface area contributed by atoms with Crippen molar-refractivity contribution in [1.29, 1.82) is 0 Å². The summed E-state index contributed by atoms with van der Waals surface area (Å²) in [6.45, 7) is 8.64. The summed E-state index contributed by atoms with van der Waals surface area (Å²) >= 11 is 0. The number of aldehydes is 1. The Hall–Kier alpha value is -2.15. The van der Waals surface area contributed by atoms with Crippen LogP contribution in [0.25, 0.3) is 12.2 Å². The lowest BCUT2D eigenvalue weighted by Crippen LogP contribution is -2.11. The number of carbonyl (C=O) groups is 1. The molecule has 0 aliphatic heterocycles. The van der Waals surface area contributed by atoms with E-state index < -0.39 is 0 Å². The fraction of sp³-hybridized carbons (Fsp3) is 0.286. The summed E-state index contributed by atoms with van der Waals surface area (Å²) in [5.41, 5.74) is 5.53. The summed E-state index contributed by atoms with van der Waals surface area (Å²) in [7, 11) is 0. The molecule has 0 amide bonds. The molecule has 0 atom stereocenters. The van der Waals surface area contributed by atoms with E-state index in [2.05, 4.69) is 70.2 Å². The molecule has 0 aliphatic rings. The van der Waals surface area contributed by atoms with Gasteiger partial charge in [-0.3, -0.25) is 4.79 Å². The van der Waals surface area contributed by atoms with E-state index >= 15 is 0 Å². The van der Waals surface area contributed by atoms with Crippen LogP contribution in [0.3, 0.4) is 0 Å². The van der Waals surface area contributed by atoms with Crippen molar-refractivity contribution in [3.63, 3.8) is 0 Å². The molecule has 0 saturated carbocycles. The van der Waals surface area contributed by atoms with Crippen LogP contribution < -0.4 is 0 Å². The van der Waals surface area contributed by atoms with Gasteiger partial charge in [-0.05, 0) is 46.2 Å². The van der Waals surface area contributed by atoms with E-state index in [9.17, 15) is 4.79 Å². The molecule has 0 heterocycles. The van der Waals surface area contributed by atoms with Gasteiger partial charge in [0.1, 0.15) is 6.29 Å². The van der Waals surface area contributed by atoms with Crippen molar-refractivity contribution >= 4 is 18.4 Å². The van der Waals surface area contributed by atoms with Crippen molar-refractivity contribution in [1.82, 2.24) is 0 Å². The highest BCUT2D eigenvalue weighted by molar-refractivity contribution is 5.79. The molecule has 0 fully saturated rings. The fourth-order valence-corrected chi connectivity index (χ4v) is 2.38. The molecule has 2 aromatic rings. The van der Waals surface area contributed by atoms with Gasteiger partial charge in [0.05, 0.1) is 0 Å². The lowest BCUT2D eigenvalue weighted by molar-refractivity contribution is 0.112. The molecule has 0 unspecified atom stereocenters. The van der Waals surface area contributed by atoms with E-state index in [1.165, 1.54) is 16.7 Å². The van der Waals surface area contributed by atoms with Crippen LogP contribution in [0.1, 0.15) is 60.3 Å². The van der Waals surface area contributed by atoms with Gasteiger partial charge >= 0.3 is 0 Å². The first kappa shape index (κ1) is 16.2. The van der Waals surface area contributed by atoms with Crippen molar-refractivity contribution < 1.29 is 4.79 Å². The zero-order valence-electron chi connectivity index (χ0n) is 13.9. The summed E-state index contributed by atoms with van der Waals surface area (Å²) in [6.07, 6.45) is 6.15. The van der Waals surface area contributed by atoms with Gasteiger partial charge < -0.3 is 0 Å². The second-order valence-electron chi connectivity index (χ2n) is 6.69. The van der Waals surface area contributed by atoms with E-state index in [4.69, 9.17) is 0 Å². The second kappa shape index (κ2) is 6.74. The van der Waals surface area contributed by atoms with Gasteiger partial charge in [0.2, 0.25) is 0 Å². The van der Waals surface area contributed by atoms with Crippen LogP contribution in [0.15, 0.2) is 42.5 Å². The molecular weight excluding hydrogens is 268 g/mol. The molecular formula is C21H24O. The summed E-state index contributed by atoms with van der Waals surface area (Å²) in [5.74, 6) is 0. The number of hydrogen-bond donors (Lipinski definition) is 0. The topological polar surface area (TPSA) is 17.1 Å². The minimum absolute atomic E-state index is 0.0315.